The number of hydrogen-bond acceptors (Lipinski definition) is 3. The van der Waals surface area contributed by atoms with Gasteiger partial charge in [0.2, 0.25) is 11.8 Å². The van der Waals surface area contributed by atoms with Crippen LogP contribution in [0.1, 0.15) is 46.0 Å². The van der Waals surface area contributed by atoms with Crippen molar-refractivity contribution in [3.63, 3.8) is 0 Å². The van der Waals surface area contributed by atoms with Gasteiger partial charge in [-0.15, -0.1) is 0 Å². The maximum Gasteiger partial charge on any atom is 0.243 e. The van der Waals surface area contributed by atoms with Crippen molar-refractivity contribution in [3.8, 4) is 0 Å². The van der Waals surface area contributed by atoms with Crippen molar-refractivity contribution in [1.29, 1.82) is 0 Å². The molecule has 4 nitrogen and oxygen atoms in total. The van der Waals surface area contributed by atoms with Crippen LogP contribution in [0.25, 0.3) is 0 Å². The third-order valence-electron chi connectivity index (χ3n) is 3.63. The minimum atomic E-state index is -0.530. The Bertz CT molecular complexity index is 301. The van der Waals surface area contributed by atoms with Crippen LogP contribution < -0.4 is 10.6 Å². The van der Waals surface area contributed by atoms with Crippen LogP contribution in [0.15, 0.2) is 0 Å². The molecule has 0 saturated heterocycles. The molecule has 18 heavy (non-hydrogen) atoms. The lowest BCUT2D eigenvalue weighted by atomic mass is 9.76. The van der Waals surface area contributed by atoms with E-state index in [2.05, 4.69) is 30.2 Å². The van der Waals surface area contributed by atoms with Crippen LogP contribution in [0.5, 0.6) is 0 Å². The summed E-state index contributed by atoms with van der Waals surface area (Å²) in [6, 6.07) is -0.530. The van der Waals surface area contributed by atoms with Crippen molar-refractivity contribution >= 4 is 24.4 Å². The van der Waals surface area contributed by atoms with E-state index in [0.717, 1.165) is 0 Å². The molecule has 2 amide bonds. The lowest BCUT2D eigenvalue weighted by Gasteiger charge is -2.34. The highest BCUT2D eigenvalue weighted by molar-refractivity contribution is 7.80. The quantitative estimate of drug-likeness (QED) is 0.664. The van der Waals surface area contributed by atoms with E-state index >= 15 is 0 Å². The van der Waals surface area contributed by atoms with Crippen LogP contribution >= 0.6 is 12.6 Å². The van der Waals surface area contributed by atoms with Crippen LogP contribution in [0.4, 0.5) is 0 Å². The van der Waals surface area contributed by atoms with Crippen molar-refractivity contribution in [3.05, 3.63) is 0 Å². The largest absolute Gasteiger partial charge is 0.354 e. The predicted molar refractivity (Wildman–Crippen MR) is 75.7 cm³/mol. The fraction of sp³-hybridized carbons (Fsp3) is 0.846. The Balaban J connectivity index is 2.40. The minimum Gasteiger partial charge on any atom is -0.354 e. The molecule has 104 valence electrons. The minimum absolute atomic E-state index is 0.132. The van der Waals surface area contributed by atoms with E-state index in [4.69, 9.17) is 0 Å². The van der Waals surface area contributed by atoms with E-state index in [1.165, 1.54) is 39.0 Å². The van der Waals surface area contributed by atoms with Crippen molar-refractivity contribution in [2.45, 2.75) is 52.0 Å². The molecule has 5 heteroatoms. The van der Waals surface area contributed by atoms with E-state index in [0.29, 0.717) is 12.3 Å². The summed E-state index contributed by atoms with van der Waals surface area (Å²) in [4.78, 5) is 22.9. The van der Waals surface area contributed by atoms with Gasteiger partial charge in [0.25, 0.3) is 0 Å². The van der Waals surface area contributed by atoms with E-state index in [-0.39, 0.29) is 17.2 Å². The molecular weight excluding hydrogens is 248 g/mol. The van der Waals surface area contributed by atoms with Gasteiger partial charge in [-0.25, -0.2) is 0 Å². The monoisotopic (exact) mass is 272 g/mol. The average molecular weight is 272 g/mol. The Hall–Kier alpha value is -0.710. The number of thiol groups is 1. The van der Waals surface area contributed by atoms with Gasteiger partial charge >= 0.3 is 0 Å². The summed E-state index contributed by atoms with van der Waals surface area (Å²) in [5.41, 5.74) is 0.214. The molecular formula is C13H24N2O2S. The SMILES string of the molecule is CC(=O)NC(CS)C(=O)NCC1(C)CCCCC1. The highest BCUT2D eigenvalue weighted by Crippen LogP contribution is 2.34. The molecule has 1 aliphatic rings. The zero-order valence-corrected chi connectivity index (χ0v) is 12.2. The molecule has 0 aromatic heterocycles. The fourth-order valence-corrected chi connectivity index (χ4v) is 2.70. The number of carbonyl (C=O) groups excluding carboxylic acids is 2. The Kier molecular flexibility index (Phi) is 5.99. The van der Waals surface area contributed by atoms with Gasteiger partial charge in [0.05, 0.1) is 0 Å². The lowest BCUT2D eigenvalue weighted by Crippen LogP contribution is -2.49. The van der Waals surface area contributed by atoms with Gasteiger partial charge in [0, 0.05) is 19.2 Å². The lowest BCUT2D eigenvalue weighted by molar-refractivity contribution is -0.127. The molecule has 0 bridgehead atoms. The third kappa shape index (κ3) is 4.88. The summed E-state index contributed by atoms with van der Waals surface area (Å²) in [6.07, 6.45) is 6.12. The number of hydrogen-bond donors (Lipinski definition) is 3. The second-order valence-corrected chi connectivity index (χ2v) is 5.89. The van der Waals surface area contributed by atoms with E-state index in [1.807, 2.05) is 0 Å². The van der Waals surface area contributed by atoms with Gasteiger partial charge in [0.1, 0.15) is 6.04 Å². The highest BCUT2D eigenvalue weighted by Gasteiger charge is 2.28. The molecule has 1 unspecified atom stereocenters. The summed E-state index contributed by atoms with van der Waals surface area (Å²) in [7, 11) is 0. The van der Waals surface area contributed by atoms with Crippen LogP contribution in [0.2, 0.25) is 0 Å². The Morgan fingerprint density at radius 1 is 1.28 bits per heavy atom. The molecule has 0 radical (unpaired) electrons. The van der Waals surface area contributed by atoms with Crippen LogP contribution in [0.3, 0.4) is 0 Å². The number of amides is 2. The normalized spacial score (nSPS) is 19.9. The van der Waals surface area contributed by atoms with Crippen LogP contribution in [0, 0.1) is 5.41 Å². The van der Waals surface area contributed by atoms with Crippen LogP contribution in [-0.4, -0.2) is 30.2 Å². The summed E-state index contributed by atoms with van der Waals surface area (Å²) in [5.74, 6) is -0.0117. The van der Waals surface area contributed by atoms with E-state index in [1.54, 1.807) is 0 Å². The molecule has 1 atom stereocenters. The summed E-state index contributed by atoms with van der Waals surface area (Å²) >= 11 is 4.09. The molecule has 0 aromatic carbocycles. The van der Waals surface area contributed by atoms with Crippen molar-refractivity contribution in [1.82, 2.24) is 10.6 Å². The summed E-state index contributed by atoms with van der Waals surface area (Å²) in [6.45, 7) is 4.32. The first-order chi connectivity index (χ1) is 8.47. The van der Waals surface area contributed by atoms with Gasteiger partial charge < -0.3 is 10.6 Å². The maximum absolute atomic E-state index is 11.9. The molecule has 0 aliphatic heterocycles. The number of nitrogens with one attached hydrogen (secondary N) is 2. The third-order valence-corrected chi connectivity index (χ3v) is 3.99. The van der Waals surface area contributed by atoms with Gasteiger partial charge in [-0.2, -0.15) is 12.6 Å². The second kappa shape index (κ2) is 7.02. The highest BCUT2D eigenvalue weighted by atomic mass is 32.1. The van der Waals surface area contributed by atoms with Crippen LogP contribution in [-0.2, 0) is 9.59 Å². The molecule has 1 saturated carbocycles. The number of rotatable bonds is 5. The first-order valence-electron chi connectivity index (χ1n) is 6.62. The van der Waals surface area contributed by atoms with E-state index in [9.17, 15) is 9.59 Å². The summed E-state index contributed by atoms with van der Waals surface area (Å²) in [5, 5.41) is 5.55. The average Bonchev–Trinajstić information content (AvgIpc) is 2.34. The van der Waals surface area contributed by atoms with Crippen molar-refractivity contribution in [2.24, 2.45) is 5.41 Å². The molecule has 1 rings (SSSR count). The summed E-state index contributed by atoms with van der Waals surface area (Å²) < 4.78 is 0. The number of carbonyl (C=O) groups is 2. The molecule has 0 heterocycles. The topological polar surface area (TPSA) is 58.2 Å². The van der Waals surface area contributed by atoms with Gasteiger partial charge in [-0.3, -0.25) is 9.59 Å². The molecule has 1 aliphatic carbocycles. The first-order valence-corrected chi connectivity index (χ1v) is 7.26. The molecule has 0 aromatic rings. The molecule has 2 N–H and O–H groups in total. The second-order valence-electron chi connectivity index (χ2n) is 5.52. The molecule has 1 fully saturated rings. The van der Waals surface area contributed by atoms with Gasteiger partial charge in [0.15, 0.2) is 0 Å². The van der Waals surface area contributed by atoms with Gasteiger partial charge in [-0.05, 0) is 18.3 Å². The Morgan fingerprint density at radius 3 is 2.39 bits per heavy atom. The zero-order valence-electron chi connectivity index (χ0n) is 11.3. The van der Waals surface area contributed by atoms with E-state index < -0.39 is 6.04 Å². The first kappa shape index (κ1) is 15.3. The fourth-order valence-electron chi connectivity index (χ4n) is 2.45. The zero-order chi connectivity index (χ0) is 13.6. The predicted octanol–water partition coefficient (Wildman–Crippen LogP) is 1.51. The smallest absolute Gasteiger partial charge is 0.243 e. The van der Waals surface area contributed by atoms with Crippen molar-refractivity contribution < 1.29 is 9.59 Å². The Labute approximate surface area is 115 Å². The standard InChI is InChI=1S/C13H24N2O2S/c1-10(16)15-11(8-18)12(17)14-9-13(2)6-4-3-5-7-13/h11,18H,3-9H2,1-2H3,(H,14,17)(H,15,16). The van der Waals surface area contributed by atoms with Crippen molar-refractivity contribution in [2.75, 3.05) is 12.3 Å². The molecule has 0 spiro atoms. The van der Waals surface area contributed by atoms with Gasteiger partial charge in [-0.1, -0.05) is 26.2 Å². The maximum atomic E-state index is 11.9. The Morgan fingerprint density at radius 2 is 1.89 bits per heavy atom.